The molecule has 1 N–H and O–H groups in total. The summed E-state index contributed by atoms with van der Waals surface area (Å²) in [6.07, 6.45) is -0.463. The van der Waals surface area contributed by atoms with Crippen LogP contribution in [0, 0.1) is 6.92 Å². The van der Waals surface area contributed by atoms with Crippen molar-refractivity contribution in [1.29, 1.82) is 0 Å². The number of hydrogen-bond donors (Lipinski definition) is 1. The maximum atomic E-state index is 12.7. The highest BCUT2D eigenvalue weighted by Gasteiger charge is 2.31. The molecule has 2 heterocycles. The fourth-order valence-electron chi connectivity index (χ4n) is 2.97. The Morgan fingerprint density at radius 3 is 2.70 bits per heavy atom. The molecule has 1 aliphatic heterocycles. The van der Waals surface area contributed by atoms with E-state index < -0.39 is 11.7 Å². The molecule has 2 amide bonds. The molecule has 0 saturated carbocycles. The first-order valence-corrected chi connectivity index (χ1v) is 8.59. The summed E-state index contributed by atoms with van der Waals surface area (Å²) >= 11 is 0. The van der Waals surface area contributed by atoms with Crippen LogP contribution in [0.5, 0.6) is 5.75 Å². The van der Waals surface area contributed by atoms with Gasteiger partial charge in [0.05, 0.1) is 12.1 Å². The number of nitrogens with zero attached hydrogens (tertiary/aromatic N) is 2. The van der Waals surface area contributed by atoms with Crippen molar-refractivity contribution in [3.05, 3.63) is 59.4 Å². The second kappa shape index (κ2) is 7.85. The van der Waals surface area contributed by atoms with Crippen LogP contribution in [-0.4, -0.2) is 35.1 Å². The van der Waals surface area contributed by atoms with Crippen LogP contribution >= 0.6 is 0 Å². The molecule has 0 aliphatic carbocycles. The van der Waals surface area contributed by atoms with Crippen LogP contribution in [-0.2, 0) is 12.7 Å². The van der Waals surface area contributed by atoms with Crippen molar-refractivity contribution in [2.24, 2.45) is 0 Å². The Bertz CT molecular complexity index is 797. The molecule has 1 fully saturated rings. The molecule has 3 rings (SSSR count). The van der Waals surface area contributed by atoms with Gasteiger partial charge in [0, 0.05) is 31.9 Å². The highest BCUT2D eigenvalue weighted by Crippen LogP contribution is 2.30. The Morgan fingerprint density at radius 1 is 1.30 bits per heavy atom. The minimum absolute atomic E-state index is 0.0917. The maximum Gasteiger partial charge on any atom is 0.416 e. The lowest BCUT2D eigenvalue weighted by atomic mass is 10.0. The number of halogens is 3. The SMILES string of the molecule is Cc1cc(C(F)(F)F)ccc1CNC(=O)N1CC[C@@H](Oc2ccncc2)C1. The highest BCUT2D eigenvalue weighted by atomic mass is 19.4. The van der Waals surface area contributed by atoms with Gasteiger partial charge >= 0.3 is 12.2 Å². The number of amides is 2. The predicted octanol–water partition coefficient (Wildman–Crippen LogP) is 3.77. The van der Waals surface area contributed by atoms with E-state index in [1.807, 2.05) is 0 Å². The number of rotatable bonds is 4. The molecule has 0 bridgehead atoms. The average molecular weight is 379 g/mol. The summed E-state index contributed by atoms with van der Waals surface area (Å²) in [4.78, 5) is 17.9. The number of nitrogens with one attached hydrogen (secondary N) is 1. The third-order valence-corrected chi connectivity index (χ3v) is 4.48. The van der Waals surface area contributed by atoms with E-state index in [2.05, 4.69) is 10.3 Å². The van der Waals surface area contributed by atoms with Crippen molar-refractivity contribution in [3.63, 3.8) is 0 Å². The van der Waals surface area contributed by atoms with Crippen LogP contribution in [0.3, 0.4) is 0 Å². The molecule has 144 valence electrons. The summed E-state index contributed by atoms with van der Waals surface area (Å²) in [5, 5.41) is 2.76. The molecular formula is C19H20F3N3O2. The Labute approximate surface area is 155 Å². The number of likely N-dealkylation sites (tertiary alicyclic amines) is 1. The van der Waals surface area contributed by atoms with E-state index >= 15 is 0 Å². The normalized spacial score (nSPS) is 17.0. The molecule has 1 aromatic carbocycles. The number of urea groups is 1. The zero-order valence-corrected chi connectivity index (χ0v) is 14.8. The molecule has 1 aliphatic rings. The Kier molecular flexibility index (Phi) is 5.53. The minimum Gasteiger partial charge on any atom is -0.488 e. The topological polar surface area (TPSA) is 54.5 Å². The molecule has 5 nitrogen and oxygen atoms in total. The van der Waals surface area contributed by atoms with Crippen LogP contribution < -0.4 is 10.1 Å². The van der Waals surface area contributed by atoms with Crippen LogP contribution in [0.1, 0.15) is 23.1 Å². The lowest BCUT2D eigenvalue weighted by Gasteiger charge is -2.18. The van der Waals surface area contributed by atoms with Gasteiger partial charge in [-0.3, -0.25) is 4.98 Å². The van der Waals surface area contributed by atoms with Crippen molar-refractivity contribution < 1.29 is 22.7 Å². The van der Waals surface area contributed by atoms with Gasteiger partial charge in [0.15, 0.2) is 0 Å². The lowest BCUT2D eigenvalue weighted by Crippen LogP contribution is -2.39. The number of aromatic nitrogens is 1. The summed E-state index contributed by atoms with van der Waals surface area (Å²) in [5.41, 5.74) is 0.455. The summed E-state index contributed by atoms with van der Waals surface area (Å²) in [6.45, 7) is 2.80. The molecule has 8 heteroatoms. The molecule has 27 heavy (non-hydrogen) atoms. The van der Waals surface area contributed by atoms with Crippen molar-refractivity contribution in [2.45, 2.75) is 32.2 Å². The van der Waals surface area contributed by atoms with Crippen molar-refractivity contribution in [2.75, 3.05) is 13.1 Å². The van der Waals surface area contributed by atoms with E-state index in [0.29, 0.717) is 30.0 Å². The summed E-state index contributed by atoms with van der Waals surface area (Å²) < 4.78 is 44.0. The third kappa shape index (κ3) is 4.90. The predicted molar refractivity (Wildman–Crippen MR) is 93.3 cm³/mol. The fourth-order valence-corrected chi connectivity index (χ4v) is 2.97. The van der Waals surface area contributed by atoms with E-state index in [1.54, 1.807) is 36.4 Å². The second-order valence-electron chi connectivity index (χ2n) is 6.46. The molecule has 0 unspecified atom stereocenters. The molecule has 1 atom stereocenters. The Hall–Kier alpha value is -2.77. The number of carbonyl (C=O) groups is 1. The third-order valence-electron chi connectivity index (χ3n) is 4.48. The van der Waals surface area contributed by atoms with Crippen LogP contribution in [0.25, 0.3) is 0 Å². The highest BCUT2D eigenvalue weighted by molar-refractivity contribution is 5.74. The van der Waals surface area contributed by atoms with Gasteiger partial charge < -0.3 is 15.0 Å². The van der Waals surface area contributed by atoms with Crippen LogP contribution in [0.15, 0.2) is 42.7 Å². The van der Waals surface area contributed by atoms with E-state index in [-0.39, 0.29) is 18.7 Å². The van der Waals surface area contributed by atoms with Gasteiger partial charge in [-0.15, -0.1) is 0 Å². The van der Waals surface area contributed by atoms with Crippen molar-refractivity contribution >= 4 is 6.03 Å². The van der Waals surface area contributed by atoms with Crippen LogP contribution in [0.2, 0.25) is 0 Å². The lowest BCUT2D eigenvalue weighted by molar-refractivity contribution is -0.137. The van der Waals surface area contributed by atoms with Crippen molar-refractivity contribution in [1.82, 2.24) is 15.2 Å². The summed E-state index contributed by atoms with van der Waals surface area (Å²) in [6, 6.07) is 6.79. The number of ether oxygens (including phenoxy) is 1. The monoisotopic (exact) mass is 379 g/mol. The second-order valence-corrected chi connectivity index (χ2v) is 6.46. The van der Waals surface area contributed by atoms with Gasteiger partial charge in [-0.25, -0.2) is 4.79 Å². The number of alkyl halides is 3. The largest absolute Gasteiger partial charge is 0.488 e. The zero-order chi connectivity index (χ0) is 19.4. The maximum absolute atomic E-state index is 12.7. The molecule has 1 saturated heterocycles. The molecule has 1 aromatic heterocycles. The zero-order valence-electron chi connectivity index (χ0n) is 14.8. The van der Waals surface area contributed by atoms with E-state index in [1.165, 1.54) is 6.07 Å². The quantitative estimate of drug-likeness (QED) is 0.880. The molecule has 0 spiro atoms. The number of pyridine rings is 1. The van der Waals surface area contributed by atoms with Gasteiger partial charge in [-0.2, -0.15) is 13.2 Å². The van der Waals surface area contributed by atoms with Gasteiger partial charge in [0.25, 0.3) is 0 Å². The first-order valence-electron chi connectivity index (χ1n) is 8.59. The first kappa shape index (κ1) is 19.0. The molecule has 2 aromatic rings. The summed E-state index contributed by atoms with van der Waals surface area (Å²) in [7, 11) is 0. The number of aryl methyl sites for hydroxylation is 1. The molecular weight excluding hydrogens is 359 g/mol. The number of hydrogen-bond acceptors (Lipinski definition) is 3. The smallest absolute Gasteiger partial charge is 0.416 e. The van der Waals surface area contributed by atoms with Crippen LogP contribution in [0.4, 0.5) is 18.0 Å². The fraction of sp³-hybridized carbons (Fsp3) is 0.368. The van der Waals surface area contributed by atoms with Gasteiger partial charge in [-0.05, 0) is 42.3 Å². The van der Waals surface area contributed by atoms with E-state index in [9.17, 15) is 18.0 Å². The standard InChI is InChI=1S/C19H20F3N3O2/c1-13-10-15(19(20,21)22)3-2-14(13)11-24-18(26)25-9-6-17(12-25)27-16-4-7-23-8-5-16/h2-5,7-8,10,17H,6,9,11-12H2,1H3,(H,24,26)/t17-/m1/s1. The van der Waals surface area contributed by atoms with Gasteiger partial charge in [-0.1, -0.05) is 6.07 Å². The van der Waals surface area contributed by atoms with E-state index in [4.69, 9.17) is 4.74 Å². The first-order chi connectivity index (χ1) is 12.8. The van der Waals surface area contributed by atoms with E-state index in [0.717, 1.165) is 18.6 Å². The van der Waals surface area contributed by atoms with Gasteiger partial charge in [0.2, 0.25) is 0 Å². The average Bonchev–Trinajstić information content (AvgIpc) is 3.09. The minimum atomic E-state index is -4.37. The molecule has 0 radical (unpaired) electrons. The Balaban J connectivity index is 1.51. The number of benzene rings is 1. The van der Waals surface area contributed by atoms with Gasteiger partial charge in [0.1, 0.15) is 11.9 Å². The summed E-state index contributed by atoms with van der Waals surface area (Å²) in [5.74, 6) is 0.706. The van der Waals surface area contributed by atoms with Crippen molar-refractivity contribution in [3.8, 4) is 5.75 Å². The Morgan fingerprint density at radius 2 is 2.04 bits per heavy atom. The number of carbonyl (C=O) groups excluding carboxylic acids is 1.